The van der Waals surface area contributed by atoms with Crippen LogP contribution >= 0.6 is 12.2 Å². The first-order valence-corrected chi connectivity index (χ1v) is 11.3. The lowest BCUT2D eigenvalue weighted by Gasteiger charge is -2.28. The maximum atomic E-state index is 13.1. The SMILES string of the molecule is CN(C)CCN1C(=O)c2cccc3c(NCCNC(=S)Nc4ccccc4)ccc(c23)C1=O. The third-order valence-corrected chi connectivity index (χ3v) is 5.77. The topological polar surface area (TPSA) is 76.7 Å². The van der Waals surface area contributed by atoms with Gasteiger partial charge in [-0.3, -0.25) is 14.5 Å². The van der Waals surface area contributed by atoms with Gasteiger partial charge in [-0.25, -0.2) is 0 Å². The van der Waals surface area contributed by atoms with Crippen molar-refractivity contribution in [1.29, 1.82) is 0 Å². The summed E-state index contributed by atoms with van der Waals surface area (Å²) in [6.45, 7) is 2.21. The van der Waals surface area contributed by atoms with Crippen molar-refractivity contribution in [3.63, 3.8) is 0 Å². The molecule has 4 rings (SSSR count). The molecule has 1 aliphatic heterocycles. The van der Waals surface area contributed by atoms with Gasteiger partial charge in [0.15, 0.2) is 5.11 Å². The van der Waals surface area contributed by atoms with Gasteiger partial charge in [0.05, 0.1) is 0 Å². The lowest BCUT2D eigenvalue weighted by atomic mass is 9.93. The standard InChI is InChI=1S/C25H27N5O2S/c1-29(2)15-16-30-23(31)19-10-6-9-18-21(12-11-20(22(18)19)24(30)32)26-13-14-27-25(33)28-17-7-4-3-5-8-17/h3-12,26H,13-16H2,1-2H3,(H2,27,28,33). The van der Waals surface area contributed by atoms with Crippen LogP contribution in [0.2, 0.25) is 0 Å². The van der Waals surface area contributed by atoms with Crippen molar-refractivity contribution in [2.45, 2.75) is 0 Å². The van der Waals surface area contributed by atoms with Gasteiger partial charge in [0, 0.05) is 59.5 Å². The monoisotopic (exact) mass is 461 g/mol. The van der Waals surface area contributed by atoms with Crippen LogP contribution in [-0.2, 0) is 0 Å². The number of amides is 2. The number of hydrogen-bond acceptors (Lipinski definition) is 5. The first-order valence-electron chi connectivity index (χ1n) is 10.9. The van der Waals surface area contributed by atoms with Crippen LogP contribution in [0.1, 0.15) is 20.7 Å². The Labute approximate surface area is 198 Å². The second-order valence-electron chi connectivity index (χ2n) is 8.13. The number of benzene rings is 3. The summed E-state index contributed by atoms with van der Waals surface area (Å²) >= 11 is 5.34. The highest BCUT2D eigenvalue weighted by molar-refractivity contribution is 7.80. The van der Waals surface area contributed by atoms with Gasteiger partial charge in [-0.05, 0) is 56.6 Å². The summed E-state index contributed by atoms with van der Waals surface area (Å²) in [5.41, 5.74) is 2.94. The summed E-state index contributed by atoms with van der Waals surface area (Å²) in [5, 5.41) is 11.8. The number of thiocarbonyl (C=S) groups is 1. The molecule has 1 aliphatic rings. The molecule has 7 nitrogen and oxygen atoms in total. The van der Waals surface area contributed by atoms with Gasteiger partial charge in [-0.2, -0.15) is 0 Å². The van der Waals surface area contributed by atoms with E-state index in [1.807, 2.05) is 67.5 Å². The summed E-state index contributed by atoms with van der Waals surface area (Å²) in [7, 11) is 3.84. The van der Waals surface area contributed by atoms with Crippen molar-refractivity contribution in [3.05, 3.63) is 71.8 Å². The maximum Gasteiger partial charge on any atom is 0.261 e. The highest BCUT2D eigenvalue weighted by atomic mass is 32.1. The van der Waals surface area contributed by atoms with Gasteiger partial charge in [-0.1, -0.05) is 30.3 Å². The Balaban J connectivity index is 1.45. The van der Waals surface area contributed by atoms with E-state index in [0.29, 0.717) is 47.8 Å². The molecule has 0 aliphatic carbocycles. The molecule has 0 spiro atoms. The van der Waals surface area contributed by atoms with Crippen molar-refractivity contribution in [2.24, 2.45) is 0 Å². The zero-order valence-corrected chi connectivity index (χ0v) is 19.5. The van der Waals surface area contributed by atoms with Crippen LogP contribution in [0, 0.1) is 0 Å². The average molecular weight is 462 g/mol. The van der Waals surface area contributed by atoms with Gasteiger partial charge in [0.25, 0.3) is 11.8 Å². The van der Waals surface area contributed by atoms with Crippen molar-refractivity contribution in [2.75, 3.05) is 50.9 Å². The average Bonchev–Trinajstić information content (AvgIpc) is 2.81. The van der Waals surface area contributed by atoms with E-state index in [2.05, 4.69) is 16.0 Å². The van der Waals surface area contributed by atoms with E-state index in [9.17, 15) is 9.59 Å². The first kappa shape index (κ1) is 22.7. The molecule has 0 bridgehead atoms. The maximum absolute atomic E-state index is 13.1. The molecule has 3 aromatic carbocycles. The van der Waals surface area contributed by atoms with E-state index in [-0.39, 0.29) is 11.8 Å². The number of nitrogens with zero attached hydrogens (tertiary/aromatic N) is 2. The normalized spacial score (nSPS) is 12.9. The highest BCUT2D eigenvalue weighted by Gasteiger charge is 2.33. The number of likely N-dealkylation sites (N-methyl/N-ethyl adjacent to an activating group) is 1. The quantitative estimate of drug-likeness (QED) is 0.270. The number of carbonyl (C=O) groups excluding carboxylic acids is 2. The third kappa shape index (κ3) is 4.97. The zero-order chi connectivity index (χ0) is 23.4. The smallest absolute Gasteiger partial charge is 0.261 e. The van der Waals surface area contributed by atoms with Gasteiger partial charge < -0.3 is 20.9 Å². The molecule has 8 heteroatoms. The number of rotatable bonds is 8. The van der Waals surface area contributed by atoms with Crippen LogP contribution in [-0.4, -0.2) is 67.0 Å². The van der Waals surface area contributed by atoms with Crippen LogP contribution in [0.15, 0.2) is 60.7 Å². The second-order valence-corrected chi connectivity index (χ2v) is 8.54. The minimum atomic E-state index is -0.240. The molecule has 3 aromatic rings. The minimum Gasteiger partial charge on any atom is -0.383 e. The Morgan fingerprint density at radius 1 is 0.909 bits per heavy atom. The van der Waals surface area contributed by atoms with Gasteiger partial charge in [0.2, 0.25) is 0 Å². The Hall–Kier alpha value is -3.49. The molecule has 0 aromatic heterocycles. The lowest BCUT2D eigenvalue weighted by molar-refractivity contribution is 0.0601. The molecule has 1 heterocycles. The van der Waals surface area contributed by atoms with Crippen LogP contribution < -0.4 is 16.0 Å². The van der Waals surface area contributed by atoms with Crippen molar-refractivity contribution < 1.29 is 9.59 Å². The fourth-order valence-electron chi connectivity index (χ4n) is 3.87. The molecular formula is C25H27N5O2S. The molecule has 0 radical (unpaired) electrons. The summed E-state index contributed by atoms with van der Waals surface area (Å²) in [6, 6.07) is 19.0. The number of nitrogens with one attached hydrogen (secondary N) is 3. The molecule has 0 saturated heterocycles. The molecule has 3 N–H and O–H groups in total. The molecule has 0 fully saturated rings. The Morgan fingerprint density at radius 3 is 2.36 bits per heavy atom. The van der Waals surface area contributed by atoms with Crippen LogP contribution in [0.25, 0.3) is 10.8 Å². The van der Waals surface area contributed by atoms with E-state index >= 15 is 0 Å². The van der Waals surface area contributed by atoms with E-state index in [1.54, 1.807) is 12.1 Å². The second kappa shape index (κ2) is 9.97. The Kier molecular flexibility index (Phi) is 6.86. The molecular weight excluding hydrogens is 434 g/mol. The van der Waals surface area contributed by atoms with Crippen molar-refractivity contribution >= 4 is 51.3 Å². The van der Waals surface area contributed by atoms with E-state index in [1.165, 1.54) is 4.90 Å². The fraction of sp³-hybridized carbons (Fsp3) is 0.240. The van der Waals surface area contributed by atoms with Crippen LogP contribution in [0.4, 0.5) is 11.4 Å². The molecule has 0 atom stereocenters. The van der Waals surface area contributed by atoms with Gasteiger partial charge >= 0.3 is 0 Å². The van der Waals surface area contributed by atoms with Crippen molar-refractivity contribution in [1.82, 2.24) is 15.1 Å². The third-order valence-electron chi connectivity index (χ3n) is 5.52. The van der Waals surface area contributed by atoms with E-state index in [4.69, 9.17) is 12.2 Å². The number of carbonyl (C=O) groups is 2. The molecule has 33 heavy (non-hydrogen) atoms. The zero-order valence-electron chi connectivity index (χ0n) is 18.7. The fourth-order valence-corrected chi connectivity index (χ4v) is 4.09. The highest BCUT2D eigenvalue weighted by Crippen LogP contribution is 2.34. The summed E-state index contributed by atoms with van der Waals surface area (Å²) in [4.78, 5) is 29.4. The number of imide groups is 1. The minimum absolute atomic E-state index is 0.240. The summed E-state index contributed by atoms with van der Waals surface area (Å²) in [5.74, 6) is -0.479. The number of anilines is 2. The Bertz CT molecular complexity index is 1170. The lowest BCUT2D eigenvalue weighted by Crippen LogP contribution is -2.43. The predicted molar refractivity (Wildman–Crippen MR) is 137 cm³/mol. The van der Waals surface area contributed by atoms with Gasteiger partial charge in [-0.15, -0.1) is 0 Å². The molecule has 2 amide bonds. The van der Waals surface area contributed by atoms with Crippen molar-refractivity contribution in [3.8, 4) is 0 Å². The predicted octanol–water partition coefficient (Wildman–Crippen LogP) is 3.40. The number of hydrogen-bond donors (Lipinski definition) is 3. The van der Waals surface area contributed by atoms with Crippen LogP contribution in [0.5, 0.6) is 0 Å². The summed E-state index contributed by atoms with van der Waals surface area (Å²) < 4.78 is 0. The molecule has 0 saturated carbocycles. The largest absolute Gasteiger partial charge is 0.383 e. The van der Waals surface area contributed by atoms with E-state index in [0.717, 1.165) is 16.8 Å². The van der Waals surface area contributed by atoms with E-state index < -0.39 is 0 Å². The number of para-hydroxylation sites is 1. The molecule has 0 unspecified atom stereocenters. The molecule has 170 valence electrons. The summed E-state index contributed by atoms with van der Waals surface area (Å²) in [6.07, 6.45) is 0. The first-order chi connectivity index (χ1) is 16.0. The van der Waals surface area contributed by atoms with Gasteiger partial charge in [0.1, 0.15) is 0 Å². The van der Waals surface area contributed by atoms with Crippen LogP contribution in [0.3, 0.4) is 0 Å². The Morgan fingerprint density at radius 2 is 1.64 bits per heavy atom.